The lowest BCUT2D eigenvalue weighted by molar-refractivity contribution is -0.145. The summed E-state index contributed by atoms with van der Waals surface area (Å²) in [6.07, 6.45) is 2.98. The molecule has 3 rings (SSSR count). The number of fused-ring (bicyclic) bond motifs is 1. The number of allylic oxidation sites excluding steroid dienone is 2. The lowest BCUT2D eigenvalue weighted by atomic mass is 9.85. The molecule has 0 N–H and O–H groups in total. The molecule has 0 saturated carbocycles. The minimum atomic E-state index is -4.47. The molecule has 1 unspecified atom stereocenters. The van der Waals surface area contributed by atoms with Gasteiger partial charge in [0.15, 0.2) is 0 Å². The van der Waals surface area contributed by atoms with E-state index in [0.29, 0.717) is 24.6 Å². The first-order valence-corrected chi connectivity index (χ1v) is 8.30. The predicted molar refractivity (Wildman–Crippen MR) is 86.3 cm³/mol. The zero-order chi connectivity index (χ0) is 17.3. The molecule has 1 atom stereocenters. The van der Waals surface area contributed by atoms with Gasteiger partial charge >= 0.3 is 6.18 Å². The van der Waals surface area contributed by atoms with Gasteiger partial charge < -0.3 is 0 Å². The van der Waals surface area contributed by atoms with Crippen molar-refractivity contribution in [1.29, 1.82) is 0 Å². The Morgan fingerprint density at radius 2 is 2.17 bits per heavy atom. The van der Waals surface area contributed by atoms with Crippen LogP contribution in [0.25, 0.3) is 0 Å². The van der Waals surface area contributed by atoms with Gasteiger partial charge in [0.1, 0.15) is 0 Å². The molecule has 130 valence electrons. The summed E-state index contributed by atoms with van der Waals surface area (Å²) in [4.78, 5) is 9.46. The summed E-state index contributed by atoms with van der Waals surface area (Å²) >= 11 is 0. The minimum Gasteiger partial charge on any atom is -0.295 e. The highest BCUT2D eigenvalue weighted by Gasteiger charge is 2.35. The van der Waals surface area contributed by atoms with Crippen LogP contribution in [0.3, 0.4) is 0 Å². The van der Waals surface area contributed by atoms with Crippen LogP contribution in [0.2, 0.25) is 0 Å². The highest BCUT2D eigenvalue weighted by Crippen LogP contribution is 2.30. The molecule has 0 radical (unpaired) electrons. The smallest absolute Gasteiger partial charge is 0.295 e. The topological polar surface area (TPSA) is 29.0 Å². The Kier molecular flexibility index (Phi) is 4.76. The van der Waals surface area contributed by atoms with Gasteiger partial charge in [0.25, 0.3) is 0 Å². The van der Waals surface area contributed by atoms with Crippen molar-refractivity contribution >= 4 is 0 Å². The van der Waals surface area contributed by atoms with Gasteiger partial charge in [0, 0.05) is 37.8 Å². The lowest BCUT2D eigenvalue weighted by Gasteiger charge is -2.31. The summed E-state index contributed by atoms with van der Waals surface area (Å²) in [5.74, 6) is -0.444. The maximum atomic E-state index is 12.7. The number of aromatic nitrogens is 2. The van der Waals surface area contributed by atoms with Crippen molar-refractivity contribution in [3.05, 3.63) is 47.1 Å². The first-order chi connectivity index (χ1) is 11.3. The molecule has 0 fully saturated rings. The van der Waals surface area contributed by atoms with Gasteiger partial charge in [-0.3, -0.25) is 4.90 Å². The molecule has 1 aliphatic heterocycles. The first-order valence-electron chi connectivity index (χ1n) is 8.30. The van der Waals surface area contributed by atoms with Gasteiger partial charge in [-0.2, -0.15) is 13.2 Å². The SMILES string of the molecule is C=C(C)C1CC=C(CN2CCc3nc(C(F)(F)F)ncc3C2)CC1. The average Bonchev–Trinajstić information content (AvgIpc) is 2.54. The third-order valence-electron chi connectivity index (χ3n) is 4.90. The summed E-state index contributed by atoms with van der Waals surface area (Å²) in [6.45, 7) is 8.36. The van der Waals surface area contributed by atoms with Crippen LogP contribution in [-0.4, -0.2) is 28.0 Å². The van der Waals surface area contributed by atoms with E-state index in [-0.39, 0.29) is 0 Å². The monoisotopic (exact) mass is 337 g/mol. The van der Waals surface area contributed by atoms with Crippen molar-refractivity contribution in [1.82, 2.24) is 14.9 Å². The standard InChI is InChI=1S/C18H22F3N3/c1-12(2)14-5-3-13(4-6-14)10-24-8-7-16-15(11-24)9-22-17(23-16)18(19,20)21/h3,9,14H,1,4-8,10-11H2,2H3. The van der Waals surface area contributed by atoms with Crippen molar-refractivity contribution in [2.75, 3.05) is 13.1 Å². The fourth-order valence-corrected chi connectivity index (χ4v) is 3.41. The number of hydrogen-bond acceptors (Lipinski definition) is 3. The molecule has 0 bridgehead atoms. The second-order valence-electron chi connectivity index (χ2n) is 6.80. The third-order valence-corrected chi connectivity index (χ3v) is 4.90. The fraction of sp³-hybridized carbons (Fsp3) is 0.556. The third kappa shape index (κ3) is 3.86. The molecular weight excluding hydrogens is 315 g/mol. The molecule has 6 heteroatoms. The van der Waals surface area contributed by atoms with Crippen molar-refractivity contribution in [2.45, 2.75) is 45.3 Å². The maximum absolute atomic E-state index is 12.7. The van der Waals surface area contributed by atoms with E-state index >= 15 is 0 Å². The van der Waals surface area contributed by atoms with Crippen LogP contribution in [0, 0.1) is 5.92 Å². The molecule has 2 heterocycles. The van der Waals surface area contributed by atoms with E-state index in [0.717, 1.165) is 37.9 Å². The summed E-state index contributed by atoms with van der Waals surface area (Å²) in [7, 11) is 0. The summed E-state index contributed by atoms with van der Waals surface area (Å²) in [6, 6.07) is 0. The number of rotatable bonds is 3. The zero-order valence-corrected chi connectivity index (χ0v) is 13.9. The molecule has 3 nitrogen and oxygen atoms in total. The molecular formula is C18H22F3N3. The highest BCUT2D eigenvalue weighted by molar-refractivity contribution is 5.22. The number of alkyl halides is 3. The zero-order valence-electron chi connectivity index (χ0n) is 13.9. The Bertz CT molecular complexity index is 664. The Balaban J connectivity index is 1.63. The number of halogens is 3. The Morgan fingerprint density at radius 3 is 2.79 bits per heavy atom. The van der Waals surface area contributed by atoms with E-state index in [1.54, 1.807) is 0 Å². The minimum absolute atomic E-state index is 0.536. The van der Waals surface area contributed by atoms with Crippen LogP contribution in [0.5, 0.6) is 0 Å². The molecule has 0 saturated heterocycles. The quantitative estimate of drug-likeness (QED) is 0.776. The number of hydrogen-bond donors (Lipinski definition) is 0. The van der Waals surface area contributed by atoms with Crippen LogP contribution in [0.15, 0.2) is 30.0 Å². The van der Waals surface area contributed by atoms with E-state index in [1.807, 2.05) is 0 Å². The van der Waals surface area contributed by atoms with Crippen molar-refractivity contribution in [3.8, 4) is 0 Å². The maximum Gasteiger partial charge on any atom is 0.451 e. The van der Waals surface area contributed by atoms with Crippen molar-refractivity contribution < 1.29 is 13.2 Å². The molecule has 0 amide bonds. The fourth-order valence-electron chi connectivity index (χ4n) is 3.41. The summed E-state index contributed by atoms with van der Waals surface area (Å²) in [5.41, 5.74) is 4.01. The Morgan fingerprint density at radius 1 is 1.38 bits per heavy atom. The van der Waals surface area contributed by atoms with E-state index < -0.39 is 12.0 Å². The molecule has 24 heavy (non-hydrogen) atoms. The van der Waals surface area contributed by atoms with Gasteiger partial charge in [-0.15, -0.1) is 0 Å². The van der Waals surface area contributed by atoms with E-state index in [1.165, 1.54) is 17.3 Å². The van der Waals surface area contributed by atoms with E-state index in [2.05, 4.69) is 34.4 Å². The normalized spacial score (nSPS) is 22.0. The highest BCUT2D eigenvalue weighted by atomic mass is 19.4. The Hall–Kier alpha value is -1.69. The van der Waals surface area contributed by atoms with E-state index in [9.17, 15) is 13.2 Å². The average molecular weight is 337 g/mol. The number of nitrogens with zero attached hydrogens (tertiary/aromatic N) is 3. The molecule has 1 aliphatic carbocycles. The molecule has 1 aromatic rings. The van der Waals surface area contributed by atoms with Crippen LogP contribution < -0.4 is 0 Å². The first kappa shape index (κ1) is 17.1. The van der Waals surface area contributed by atoms with Crippen LogP contribution in [0.1, 0.15) is 43.3 Å². The molecule has 0 aromatic carbocycles. The summed E-state index contributed by atoms with van der Waals surface area (Å²) < 4.78 is 38.0. The van der Waals surface area contributed by atoms with Crippen LogP contribution in [-0.2, 0) is 19.1 Å². The second kappa shape index (κ2) is 6.67. The van der Waals surface area contributed by atoms with Crippen molar-refractivity contribution in [2.24, 2.45) is 5.92 Å². The van der Waals surface area contributed by atoms with E-state index in [4.69, 9.17) is 0 Å². The predicted octanol–water partition coefficient (Wildman–Crippen LogP) is 4.16. The lowest BCUT2D eigenvalue weighted by Crippen LogP contribution is -2.34. The van der Waals surface area contributed by atoms with Gasteiger partial charge in [-0.05, 0) is 32.1 Å². The van der Waals surface area contributed by atoms with Crippen molar-refractivity contribution in [3.63, 3.8) is 0 Å². The summed E-state index contributed by atoms with van der Waals surface area (Å²) in [5, 5.41) is 0. The Labute approximate surface area is 140 Å². The van der Waals surface area contributed by atoms with Crippen LogP contribution in [0.4, 0.5) is 13.2 Å². The second-order valence-corrected chi connectivity index (χ2v) is 6.80. The largest absolute Gasteiger partial charge is 0.451 e. The van der Waals surface area contributed by atoms with Gasteiger partial charge in [-0.1, -0.05) is 23.8 Å². The van der Waals surface area contributed by atoms with Gasteiger partial charge in [0.2, 0.25) is 5.82 Å². The van der Waals surface area contributed by atoms with Gasteiger partial charge in [-0.25, -0.2) is 9.97 Å². The van der Waals surface area contributed by atoms with Crippen LogP contribution >= 0.6 is 0 Å². The molecule has 2 aliphatic rings. The van der Waals surface area contributed by atoms with Gasteiger partial charge in [0.05, 0.1) is 5.69 Å². The molecule has 0 spiro atoms. The molecule has 1 aromatic heterocycles.